The smallest absolute Gasteiger partial charge is 0.407 e. The fourth-order valence-electron chi connectivity index (χ4n) is 8.89. The number of carbonyl (C=O) groups excluding carboxylic acids is 10. The van der Waals surface area contributed by atoms with Gasteiger partial charge in [0.15, 0.2) is 18.3 Å². The number of rotatable bonds is 30. The van der Waals surface area contributed by atoms with Gasteiger partial charge in [-0.15, -0.1) is 0 Å². The van der Waals surface area contributed by atoms with E-state index in [9.17, 15) is 47.9 Å². The minimum Gasteiger partial charge on any atom is -0.465 e. The Labute approximate surface area is 519 Å². The van der Waals surface area contributed by atoms with Crippen LogP contribution in [0.15, 0.2) is 30.3 Å². The normalized spacial score (nSPS) is 23.6. The van der Waals surface area contributed by atoms with E-state index in [-0.39, 0.29) is 13.2 Å². The third kappa shape index (κ3) is 25.4. The molecule has 1 aromatic rings. The van der Waals surface area contributed by atoms with Crippen LogP contribution in [0.3, 0.4) is 0 Å². The van der Waals surface area contributed by atoms with Gasteiger partial charge < -0.3 is 81.7 Å². The van der Waals surface area contributed by atoms with E-state index < -0.39 is 179 Å². The minimum atomic E-state index is -3.16. The highest BCUT2D eigenvalue weighted by Gasteiger charge is 2.64. The van der Waals surface area contributed by atoms with Gasteiger partial charge in [-0.1, -0.05) is 133 Å². The van der Waals surface area contributed by atoms with Crippen molar-refractivity contribution in [2.24, 2.45) is 0 Å². The van der Waals surface area contributed by atoms with Crippen molar-refractivity contribution >= 4 is 130 Å². The summed E-state index contributed by atoms with van der Waals surface area (Å²) in [6.07, 6.45) is -17.6. The van der Waals surface area contributed by atoms with Crippen molar-refractivity contribution in [2.75, 3.05) is 47.3 Å². The van der Waals surface area contributed by atoms with E-state index >= 15 is 0 Å². The second-order valence-electron chi connectivity index (χ2n) is 19.1. The van der Waals surface area contributed by atoms with Crippen molar-refractivity contribution in [2.45, 2.75) is 180 Å². The second-order valence-corrected chi connectivity index (χ2v) is 24.1. The van der Waals surface area contributed by atoms with Crippen molar-refractivity contribution in [3.05, 3.63) is 35.9 Å². The molecule has 2 N–H and O–H groups in total. The topological polar surface area (TPSA) is 333 Å². The highest BCUT2D eigenvalue weighted by molar-refractivity contribution is 6.68. The van der Waals surface area contributed by atoms with Gasteiger partial charge >= 0.3 is 59.9 Å². The van der Waals surface area contributed by atoms with Gasteiger partial charge in [-0.25, -0.2) is 19.2 Å². The standard InChI is InChI=1S/C52H70Cl6N2O25/c1-10-11-12-13-17-20-77-49(45(67)71-8)21-35(78-29(3)62)39(59-47(69)75-26-51(53,54)55)44(84-49)42(82-33(7)66)38(24-73-23-34-18-15-14-16-19-34)83-50(46(68)72-9)22-36(79-30(4)63)40(60-48(70)76-27-52(56,57)58)43(85-50)41(81-32(6)65)37(80-31(5)64)25-74-28(2)61/h14-16,18-19,35-44H,10-13,17,20-27H2,1-9H3,(H,59,69)(H,60,70)/t35-,36-,37+,38+,39+,40+,41+,42+,43+,44+,49+,50+/m0/s1. The number of methoxy groups -OCH3 is 2. The van der Waals surface area contributed by atoms with E-state index in [0.717, 1.165) is 75.0 Å². The zero-order chi connectivity index (χ0) is 63.9. The Morgan fingerprint density at radius 3 is 1.48 bits per heavy atom. The molecule has 0 unspecified atom stereocenters. The Bertz CT molecular complexity index is 2420. The fourth-order valence-corrected chi connectivity index (χ4v) is 9.22. The summed E-state index contributed by atoms with van der Waals surface area (Å²) in [7, 11) is 1.84. The maximum atomic E-state index is 15.0. The number of amides is 2. The van der Waals surface area contributed by atoms with Gasteiger partial charge in [0, 0.05) is 41.5 Å². The number of ether oxygens (including phenoxy) is 15. The minimum absolute atomic E-state index is 0.208. The molecule has 2 heterocycles. The molecule has 0 bridgehead atoms. The number of benzene rings is 1. The third-order valence-corrected chi connectivity index (χ3v) is 12.8. The second kappa shape index (κ2) is 35.2. The first-order valence-corrected chi connectivity index (χ1v) is 28.5. The number of nitrogens with one attached hydrogen (secondary N) is 2. The van der Waals surface area contributed by atoms with Crippen LogP contribution in [0.1, 0.15) is 99.0 Å². The molecule has 2 amide bonds. The van der Waals surface area contributed by atoms with Crippen molar-refractivity contribution in [3.8, 4) is 0 Å². The number of halogens is 6. The Morgan fingerprint density at radius 2 is 1.04 bits per heavy atom. The van der Waals surface area contributed by atoms with E-state index in [1.165, 1.54) is 0 Å². The van der Waals surface area contributed by atoms with Crippen molar-refractivity contribution in [3.63, 3.8) is 0 Å². The predicted molar refractivity (Wildman–Crippen MR) is 296 cm³/mol. The Hall–Kier alpha value is -4.94. The van der Waals surface area contributed by atoms with Gasteiger partial charge in [0.1, 0.15) is 50.3 Å². The van der Waals surface area contributed by atoms with E-state index in [1.807, 2.05) is 6.92 Å². The largest absolute Gasteiger partial charge is 0.465 e. The molecule has 0 radical (unpaired) electrons. The molecular formula is C52H70Cl6N2O25. The molecule has 12 atom stereocenters. The summed E-state index contributed by atoms with van der Waals surface area (Å²) in [6.45, 7) is 3.56. The summed E-state index contributed by atoms with van der Waals surface area (Å²) in [4.78, 5) is 135. The van der Waals surface area contributed by atoms with Crippen molar-refractivity contribution in [1.29, 1.82) is 0 Å². The van der Waals surface area contributed by atoms with Gasteiger partial charge in [0.25, 0.3) is 11.6 Å². The molecule has 0 aliphatic carbocycles. The summed E-state index contributed by atoms with van der Waals surface area (Å²) in [5.74, 6) is -15.0. The zero-order valence-electron chi connectivity index (χ0n) is 47.8. The number of unbranched alkanes of at least 4 members (excludes halogenated alkanes) is 4. The predicted octanol–water partition coefficient (Wildman–Crippen LogP) is 6.04. The molecule has 2 aliphatic rings. The number of hydrogen-bond donors (Lipinski definition) is 2. The van der Waals surface area contributed by atoms with Crippen LogP contribution in [0.5, 0.6) is 0 Å². The molecular weight excluding hydrogens is 1270 g/mol. The van der Waals surface area contributed by atoms with Gasteiger partial charge in [-0.3, -0.25) is 28.8 Å². The average molecular weight is 1340 g/mol. The SMILES string of the molecule is CCCCCCCO[C@]1(C(=O)OC)C[C@H](OC(C)=O)[C@@H](NC(=O)OCC(Cl)(Cl)Cl)[C@H]([C@H](OC(C)=O)[C@@H](COCc2ccccc2)O[C@]2(C(=O)OC)C[C@H](OC(C)=O)[C@@H](NC(=O)OCC(Cl)(Cl)Cl)[C@H]([C@H](OC(C)=O)[C@@H](COC(C)=O)OC(C)=O)O2)O1. The van der Waals surface area contributed by atoms with Crippen LogP contribution in [0, 0.1) is 0 Å². The first kappa shape index (κ1) is 74.3. The molecule has 480 valence electrons. The summed E-state index contributed by atoms with van der Waals surface area (Å²) in [6, 6.07) is 4.59. The third-order valence-electron chi connectivity index (χ3n) is 12.1. The van der Waals surface area contributed by atoms with Gasteiger partial charge in [0.05, 0.1) is 59.0 Å². The van der Waals surface area contributed by atoms with Crippen LogP contribution in [0.2, 0.25) is 0 Å². The molecule has 2 fully saturated rings. The van der Waals surface area contributed by atoms with E-state index in [2.05, 4.69) is 10.6 Å². The Kier molecular flexibility index (Phi) is 30.7. The van der Waals surface area contributed by atoms with Gasteiger partial charge in [-0.2, -0.15) is 0 Å². The molecule has 33 heteroatoms. The zero-order valence-corrected chi connectivity index (χ0v) is 52.4. The maximum absolute atomic E-state index is 15.0. The fraction of sp³-hybridized carbons (Fsp3) is 0.692. The Balaban J connectivity index is 2.59. The number of carbonyl (C=O) groups is 10. The molecule has 2 saturated heterocycles. The lowest BCUT2D eigenvalue weighted by atomic mass is 9.86. The number of hydrogen-bond acceptors (Lipinski definition) is 25. The van der Waals surface area contributed by atoms with Gasteiger partial charge in [0.2, 0.25) is 7.59 Å². The molecule has 1 aromatic carbocycles. The lowest BCUT2D eigenvalue weighted by molar-refractivity contribution is -0.348. The van der Waals surface area contributed by atoms with E-state index in [4.69, 9.17) is 141 Å². The van der Waals surface area contributed by atoms with E-state index in [0.29, 0.717) is 18.4 Å². The summed E-state index contributed by atoms with van der Waals surface area (Å²) >= 11 is 35.4. The molecule has 2 aliphatic heterocycles. The number of alkyl halides is 6. The molecule has 0 spiro atoms. The Morgan fingerprint density at radius 1 is 0.576 bits per heavy atom. The highest BCUT2D eigenvalue weighted by Crippen LogP contribution is 2.42. The quantitative estimate of drug-likeness (QED) is 0.0383. The summed E-state index contributed by atoms with van der Waals surface area (Å²) in [5, 5.41) is 4.83. The average Bonchev–Trinajstić information content (AvgIpc) is 1.03. The monoisotopic (exact) mass is 1330 g/mol. The van der Waals surface area contributed by atoms with Crippen LogP contribution < -0.4 is 10.6 Å². The van der Waals surface area contributed by atoms with Crippen LogP contribution in [-0.2, 0) is 116 Å². The molecule has 0 aromatic heterocycles. The first-order chi connectivity index (χ1) is 39.8. The van der Waals surface area contributed by atoms with Crippen molar-refractivity contribution < 1.29 is 119 Å². The lowest BCUT2D eigenvalue weighted by Gasteiger charge is -2.51. The molecule has 3 rings (SSSR count). The van der Waals surface area contributed by atoms with Gasteiger partial charge in [-0.05, 0) is 12.0 Å². The number of esters is 8. The number of alkyl carbamates (subject to hydrolysis) is 2. The van der Waals surface area contributed by atoms with Crippen molar-refractivity contribution in [1.82, 2.24) is 10.6 Å². The highest BCUT2D eigenvalue weighted by atomic mass is 35.6. The summed E-state index contributed by atoms with van der Waals surface area (Å²) < 4.78 is 83.0. The van der Waals surface area contributed by atoms with E-state index in [1.54, 1.807) is 30.3 Å². The van der Waals surface area contributed by atoms with Crippen LogP contribution in [0.25, 0.3) is 0 Å². The molecule has 27 nitrogen and oxygen atoms in total. The first-order valence-electron chi connectivity index (χ1n) is 26.2. The maximum Gasteiger partial charge on any atom is 0.407 e. The molecule has 0 saturated carbocycles. The van der Waals surface area contributed by atoms with Crippen LogP contribution in [0.4, 0.5) is 9.59 Å². The summed E-state index contributed by atoms with van der Waals surface area (Å²) in [5.41, 5.74) is 0.526. The lowest BCUT2D eigenvalue weighted by Crippen LogP contribution is -2.72. The van der Waals surface area contributed by atoms with Crippen LogP contribution >= 0.6 is 69.6 Å². The molecule has 85 heavy (non-hydrogen) atoms. The van der Waals surface area contributed by atoms with Crippen LogP contribution in [-0.4, -0.2) is 187 Å².